The van der Waals surface area contributed by atoms with Crippen molar-refractivity contribution in [3.8, 4) is 0 Å². The van der Waals surface area contributed by atoms with Crippen molar-refractivity contribution < 1.29 is 4.92 Å². The predicted molar refractivity (Wildman–Crippen MR) is 63.3 cm³/mol. The van der Waals surface area contributed by atoms with Crippen LogP contribution >= 0.6 is 0 Å². The molecule has 0 atom stereocenters. The Morgan fingerprint density at radius 1 is 1.41 bits per heavy atom. The molecular formula is C10H11N5O2. The second kappa shape index (κ2) is 4.71. The van der Waals surface area contributed by atoms with Crippen molar-refractivity contribution in [3.05, 3.63) is 38.8 Å². The second-order valence-corrected chi connectivity index (χ2v) is 3.81. The highest BCUT2D eigenvalue weighted by Gasteiger charge is 2.17. The standard InChI is InChI=1S/C10H11N5O2/c11-13-12-9-7-8(14-5-1-2-6-14)3-4-10(9)15(16)17/h3-4,7H,1-2,5-6H2. The fourth-order valence-electron chi connectivity index (χ4n) is 1.97. The molecular weight excluding hydrogens is 222 g/mol. The molecule has 0 aliphatic carbocycles. The lowest BCUT2D eigenvalue weighted by atomic mass is 10.2. The van der Waals surface area contributed by atoms with E-state index in [1.54, 1.807) is 12.1 Å². The average molecular weight is 233 g/mol. The third-order valence-electron chi connectivity index (χ3n) is 2.78. The van der Waals surface area contributed by atoms with Crippen LogP contribution in [0, 0.1) is 10.1 Å². The Bertz CT molecular complexity index is 489. The van der Waals surface area contributed by atoms with Crippen molar-refractivity contribution in [2.24, 2.45) is 5.11 Å². The SMILES string of the molecule is [N-]=[N+]=Nc1cc(N2CCCC2)ccc1[N+](=O)[O-]. The van der Waals surface area contributed by atoms with E-state index in [4.69, 9.17) is 5.53 Å². The van der Waals surface area contributed by atoms with Gasteiger partial charge in [-0.15, -0.1) is 0 Å². The Balaban J connectivity index is 2.40. The van der Waals surface area contributed by atoms with Gasteiger partial charge in [0, 0.05) is 29.8 Å². The number of hydrogen-bond acceptors (Lipinski definition) is 4. The lowest BCUT2D eigenvalue weighted by Gasteiger charge is -2.17. The summed E-state index contributed by atoms with van der Waals surface area (Å²) < 4.78 is 0. The number of nitro benzene ring substituents is 1. The Morgan fingerprint density at radius 3 is 2.71 bits per heavy atom. The van der Waals surface area contributed by atoms with E-state index in [2.05, 4.69) is 14.9 Å². The fourth-order valence-corrected chi connectivity index (χ4v) is 1.97. The molecule has 1 fully saturated rings. The smallest absolute Gasteiger partial charge is 0.279 e. The molecule has 0 spiro atoms. The van der Waals surface area contributed by atoms with E-state index < -0.39 is 4.92 Å². The van der Waals surface area contributed by atoms with E-state index in [1.165, 1.54) is 6.07 Å². The van der Waals surface area contributed by atoms with Crippen LogP contribution in [0.5, 0.6) is 0 Å². The molecule has 1 aromatic rings. The summed E-state index contributed by atoms with van der Waals surface area (Å²) in [6.07, 6.45) is 2.24. The molecule has 1 aliphatic rings. The largest absolute Gasteiger partial charge is 0.372 e. The minimum absolute atomic E-state index is 0.0712. The minimum atomic E-state index is -0.544. The number of anilines is 1. The van der Waals surface area contributed by atoms with Crippen molar-refractivity contribution in [1.82, 2.24) is 0 Å². The van der Waals surface area contributed by atoms with Crippen LogP contribution in [0.25, 0.3) is 10.4 Å². The minimum Gasteiger partial charge on any atom is -0.372 e. The first-order chi connectivity index (χ1) is 8.22. The fraction of sp³-hybridized carbons (Fsp3) is 0.400. The van der Waals surface area contributed by atoms with Gasteiger partial charge >= 0.3 is 0 Å². The van der Waals surface area contributed by atoms with Gasteiger partial charge in [0.1, 0.15) is 5.69 Å². The summed E-state index contributed by atoms with van der Waals surface area (Å²) in [5, 5.41) is 14.1. The molecule has 2 rings (SSSR count). The van der Waals surface area contributed by atoms with E-state index in [0.29, 0.717) is 0 Å². The van der Waals surface area contributed by atoms with Crippen LogP contribution in [-0.2, 0) is 0 Å². The molecule has 1 saturated heterocycles. The average Bonchev–Trinajstić information content (AvgIpc) is 2.82. The maximum Gasteiger partial charge on any atom is 0.279 e. The number of nitro groups is 1. The third-order valence-corrected chi connectivity index (χ3v) is 2.78. The molecule has 17 heavy (non-hydrogen) atoms. The van der Waals surface area contributed by atoms with Crippen LogP contribution in [0.1, 0.15) is 12.8 Å². The summed E-state index contributed by atoms with van der Waals surface area (Å²) >= 11 is 0. The molecule has 0 aromatic heterocycles. The highest BCUT2D eigenvalue weighted by Crippen LogP contribution is 2.33. The Morgan fingerprint density at radius 2 is 2.12 bits per heavy atom. The summed E-state index contributed by atoms with van der Waals surface area (Å²) in [6.45, 7) is 1.88. The van der Waals surface area contributed by atoms with Crippen molar-refractivity contribution in [3.63, 3.8) is 0 Å². The topological polar surface area (TPSA) is 95.1 Å². The summed E-state index contributed by atoms with van der Waals surface area (Å²) in [5.74, 6) is 0. The molecule has 7 nitrogen and oxygen atoms in total. The Kier molecular flexibility index (Phi) is 3.11. The maximum atomic E-state index is 10.7. The summed E-state index contributed by atoms with van der Waals surface area (Å²) in [6, 6.07) is 4.65. The van der Waals surface area contributed by atoms with Gasteiger partial charge in [-0.25, -0.2) is 0 Å². The van der Waals surface area contributed by atoms with Crippen LogP contribution < -0.4 is 4.90 Å². The lowest BCUT2D eigenvalue weighted by Crippen LogP contribution is -2.17. The van der Waals surface area contributed by atoms with Gasteiger partial charge in [0.2, 0.25) is 0 Å². The highest BCUT2D eigenvalue weighted by molar-refractivity contribution is 5.66. The molecule has 0 saturated carbocycles. The third kappa shape index (κ3) is 2.29. The van der Waals surface area contributed by atoms with Crippen molar-refractivity contribution in [2.75, 3.05) is 18.0 Å². The highest BCUT2D eigenvalue weighted by atomic mass is 16.6. The quantitative estimate of drug-likeness (QED) is 0.264. The molecule has 7 heteroatoms. The van der Waals surface area contributed by atoms with Gasteiger partial charge in [0.05, 0.1) is 4.92 Å². The van der Waals surface area contributed by atoms with Gasteiger partial charge in [0.25, 0.3) is 5.69 Å². The number of azide groups is 1. The van der Waals surface area contributed by atoms with Crippen molar-refractivity contribution in [1.29, 1.82) is 0 Å². The molecule has 1 heterocycles. The molecule has 0 amide bonds. The van der Waals surface area contributed by atoms with Gasteiger partial charge in [-0.3, -0.25) is 10.1 Å². The number of rotatable bonds is 3. The lowest BCUT2D eigenvalue weighted by molar-refractivity contribution is -0.384. The van der Waals surface area contributed by atoms with E-state index in [9.17, 15) is 10.1 Å². The van der Waals surface area contributed by atoms with Gasteiger partial charge in [-0.2, -0.15) is 0 Å². The molecule has 0 radical (unpaired) electrons. The van der Waals surface area contributed by atoms with Gasteiger partial charge in [-0.05, 0) is 30.5 Å². The Hall–Kier alpha value is -2.27. The van der Waals surface area contributed by atoms with Crippen LogP contribution in [-0.4, -0.2) is 18.0 Å². The van der Waals surface area contributed by atoms with Crippen LogP contribution in [0.15, 0.2) is 23.3 Å². The molecule has 0 unspecified atom stereocenters. The number of hydrogen-bond donors (Lipinski definition) is 0. The normalized spacial score (nSPS) is 14.5. The number of nitrogens with zero attached hydrogens (tertiary/aromatic N) is 5. The second-order valence-electron chi connectivity index (χ2n) is 3.81. The first-order valence-electron chi connectivity index (χ1n) is 5.31. The first kappa shape index (κ1) is 11.2. The zero-order valence-corrected chi connectivity index (χ0v) is 9.11. The van der Waals surface area contributed by atoms with Gasteiger partial charge < -0.3 is 4.90 Å². The molecule has 1 aromatic carbocycles. The summed E-state index contributed by atoms with van der Waals surface area (Å²) in [5.41, 5.74) is 9.18. The summed E-state index contributed by atoms with van der Waals surface area (Å²) in [7, 11) is 0. The monoisotopic (exact) mass is 233 g/mol. The van der Waals surface area contributed by atoms with Gasteiger partial charge in [0.15, 0.2) is 0 Å². The van der Waals surface area contributed by atoms with E-state index in [1.807, 2.05) is 0 Å². The van der Waals surface area contributed by atoms with Gasteiger partial charge in [-0.1, -0.05) is 5.11 Å². The van der Waals surface area contributed by atoms with E-state index in [-0.39, 0.29) is 11.4 Å². The van der Waals surface area contributed by atoms with Crippen molar-refractivity contribution >= 4 is 17.1 Å². The van der Waals surface area contributed by atoms with Crippen LogP contribution in [0.3, 0.4) is 0 Å². The zero-order chi connectivity index (χ0) is 12.3. The van der Waals surface area contributed by atoms with E-state index >= 15 is 0 Å². The Labute approximate surface area is 97.4 Å². The predicted octanol–water partition coefficient (Wildman–Crippen LogP) is 3.14. The zero-order valence-electron chi connectivity index (χ0n) is 9.11. The molecule has 88 valence electrons. The molecule has 0 N–H and O–H groups in total. The number of benzene rings is 1. The maximum absolute atomic E-state index is 10.7. The van der Waals surface area contributed by atoms with Crippen molar-refractivity contribution in [2.45, 2.75) is 12.8 Å². The van der Waals surface area contributed by atoms with Crippen LogP contribution in [0.2, 0.25) is 0 Å². The summed E-state index contributed by atoms with van der Waals surface area (Å²) in [4.78, 5) is 14.9. The van der Waals surface area contributed by atoms with Crippen LogP contribution in [0.4, 0.5) is 17.1 Å². The first-order valence-corrected chi connectivity index (χ1v) is 5.31. The molecule has 0 bridgehead atoms. The molecule has 1 aliphatic heterocycles. The van der Waals surface area contributed by atoms with E-state index in [0.717, 1.165) is 31.6 Å².